The Kier molecular flexibility index (Phi) is 5.31. The molecule has 6 nitrogen and oxygen atoms in total. The van der Waals surface area contributed by atoms with Gasteiger partial charge in [0.15, 0.2) is 0 Å². The van der Waals surface area contributed by atoms with E-state index in [-0.39, 0.29) is 24.9 Å². The fraction of sp³-hybridized carbons (Fsp3) is 0.600. The van der Waals surface area contributed by atoms with Crippen LogP contribution in [0.1, 0.15) is 12.8 Å². The van der Waals surface area contributed by atoms with E-state index in [2.05, 4.69) is 4.98 Å². The number of aromatic nitrogens is 1. The van der Waals surface area contributed by atoms with Gasteiger partial charge in [0.05, 0.1) is 18.3 Å². The van der Waals surface area contributed by atoms with E-state index in [1.807, 2.05) is 4.90 Å². The number of β-amino-alcohol motifs (C(OH)–C–C–N with tert-alkyl or cyclic N) is 1. The van der Waals surface area contributed by atoms with Gasteiger partial charge in [0.1, 0.15) is 18.2 Å². The molecule has 1 amide bonds. The summed E-state index contributed by atoms with van der Waals surface area (Å²) in [5.41, 5.74) is -1.01. The van der Waals surface area contributed by atoms with Crippen LogP contribution in [-0.2, 0) is 9.53 Å². The molecule has 1 N–H and O–H groups in total. The van der Waals surface area contributed by atoms with Crippen molar-refractivity contribution in [2.75, 3.05) is 45.3 Å². The molecular weight excluding hydrogens is 289 g/mol. The lowest BCUT2D eigenvalue weighted by molar-refractivity contribution is -0.137. The largest absolute Gasteiger partial charge is 0.386 e. The molecule has 122 valence electrons. The summed E-state index contributed by atoms with van der Waals surface area (Å²) < 4.78 is 17.8. The molecule has 7 heteroatoms. The quantitative estimate of drug-likeness (QED) is 0.865. The minimum absolute atomic E-state index is 0.00415. The highest BCUT2D eigenvalue weighted by molar-refractivity contribution is 5.77. The molecule has 2 heterocycles. The third-order valence-electron chi connectivity index (χ3n) is 3.82. The molecule has 22 heavy (non-hydrogen) atoms. The first kappa shape index (κ1) is 16.6. The van der Waals surface area contributed by atoms with E-state index in [1.165, 1.54) is 18.1 Å². The zero-order valence-electron chi connectivity index (χ0n) is 13.0. The van der Waals surface area contributed by atoms with E-state index in [0.29, 0.717) is 18.8 Å². The molecule has 1 aliphatic rings. The number of carbonyl (C=O) groups is 1. The molecular formula is C15H22FN3O3. The number of ether oxygens (including phenoxy) is 1. The van der Waals surface area contributed by atoms with Crippen molar-refractivity contribution in [1.82, 2.24) is 9.88 Å². The third kappa shape index (κ3) is 4.14. The SMILES string of the molecule is COCC(=O)N(C)C[C@@]1(O)CCCN(c2ccc(F)cn2)C1. The fourth-order valence-corrected chi connectivity index (χ4v) is 2.76. The second kappa shape index (κ2) is 7.02. The van der Waals surface area contributed by atoms with Crippen molar-refractivity contribution in [1.29, 1.82) is 0 Å². The number of methoxy groups -OCH3 is 1. The molecule has 0 unspecified atom stereocenters. The number of piperidine rings is 1. The average Bonchev–Trinajstić information content (AvgIpc) is 2.47. The van der Waals surface area contributed by atoms with Crippen LogP contribution in [-0.4, -0.2) is 66.9 Å². The fourth-order valence-electron chi connectivity index (χ4n) is 2.76. The van der Waals surface area contributed by atoms with E-state index < -0.39 is 5.60 Å². The summed E-state index contributed by atoms with van der Waals surface area (Å²) in [4.78, 5) is 19.2. The first-order valence-electron chi connectivity index (χ1n) is 7.25. The van der Waals surface area contributed by atoms with Gasteiger partial charge in [-0.1, -0.05) is 0 Å². The average molecular weight is 311 g/mol. The van der Waals surface area contributed by atoms with Gasteiger partial charge < -0.3 is 19.6 Å². The Hall–Kier alpha value is -1.73. The molecule has 1 atom stereocenters. The molecule has 1 saturated heterocycles. The smallest absolute Gasteiger partial charge is 0.248 e. The van der Waals surface area contributed by atoms with Crippen molar-refractivity contribution in [3.8, 4) is 0 Å². The summed E-state index contributed by atoms with van der Waals surface area (Å²) >= 11 is 0. The number of carbonyl (C=O) groups excluding carboxylic acids is 1. The summed E-state index contributed by atoms with van der Waals surface area (Å²) in [7, 11) is 3.11. The highest BCUT2D eigenvalue weighted by atomic mass is 19.1. The lowest BCUT2D eigenvalue weighted by Crippen LogP contribution is -2.55. The Bertz CT molecular complexity index is 511. The van der Waals surface area contributed by atoms with Gasteiger partial charge in [0.2, 0.25) is 5.91 Å². The molecule has 0 aromatic carbocycles. The normalized spacial score (nSPS) is 21.7. The van der Waals surface area contributed by atoms with Crippen LogP contribution in [0.3, 0.4) is 0 Å². The monoisotopic (exact) mass is 311 g/mol. The standard InChI is InChI=1S/C15H22FN3O3/c1-18(14(20)9-22-2)10-15(21)6-3-7-19(11-15)13-5-4-12(16)8-17-13/h4-5,8,21H,3,6-7,9-11H2,1-2H3/t15-/m0/s1. The summed E-state index contributed by atoms with van der Waals surface area (Å²) in [5, 5.41) is 10.8. The van der Waals surface area contributed by atoms with Crippen molar-refractivity contribution < 1.29 is 19.0 Å². The number of halogens is 1. The molecule has 1 aromatic rings. The van der Waals surface area contributed by atoms with Crippen molar-refractivity contribution in [3.05, 3.63) is 24.1 Å². The number of anilines is 1. The van der Waals surface area contributed by atoms with Crippen LogP contribution < -0.4 is 4.90 Å². The van der Waals surface area contributed by atoms with E-state index in [4.69, 9.17) is 4.74 Å². The second-order valence-corrected chi connectivity index (χ2v) is 5.77. The van der Waals surface area contributed by atoms with Gasteiger partial charge in [-0.2, -0.15) is 0 Å². The number of amides is 1. The molecule has 1 aromatic heterocycles. The van der Waals surface area contributed by atoms with Gasteiger partial charge in [-0.25, -0.2) is 9.37 Å². The van der Waals surface area contributed by atoms with Crippen LogP contribution >= 0.6 is 0 Å². The summed E-state index contributed by atoms with van der Waals surface area (Å²) in [6.07, 6.45) is 2.55. The number of rotatable bonds is 5. The highest BCUT2D eigenvalue weighted by Crippen LogP contribution is 2.25. The minimum atomic E-state index is -1.01. The van der Waals surface area contributed by atoms with Crippen LogP contribution in [0.2, 0.25) is 0 Å². The van der Waals surface area contributed by atoms with Gasteiger partial charge >= 0.3 is 0 Å². The van der Waals surface area contributed by atoms with E-state index >= 15 is 0 Å². The van der Waals surface area contributed by atoms with Crippen molar-refractivity contribution in [2.24, 2.45) is 0 Å². The maximum atomic E-state index is 13.0. The summed E-state index contributed by atoms with van der Waals surface area (Å²) in [5.74, 6) is 0.0688. The van der Waals surface area contributed by atoms with Crippen molar-refractivity contribution in [2.45, 2.75) is 18.4 Å². The van der Waals surface area contributed by atoms with Crippen LogP contribution in [0.25, 0.3) is 0 Å². The van der Waals surface area contributed by atoms with Gasteiger partial charge in [0.25, 0.3) is 0 Å². The van der Waals surface area contributed by atoms with Gasteiger partial charge in [-0.3, -0.25) is 4.79 Å². The Morgan fingerprint density at radius 2 is 2.36 bits per heavy atom. The Balaban J connectivity index is 2.02. The minimum Gasteiger partial charge on any atom is -0.386 e. The van der Waals surface area contributed by atoms with Crippen LogP contribution in [0.4, 0.5) is 10.2 Å². The number of pyridine rings is 1. The second-order valence-electron chi connectivity index (χ2n) is 5.77. The van der Waals surface area contributed by atoms with Gasteiger partial charge in [-0.15, -0.1) is 0 Å². The molecule has 1 aliphatic heterocycles. The van der Waals surface area contributed by atoms with Crippen LogP contribution in [0.15, 0.2) is 18.3 Å². The van der Waals surface area contributed by atoms with Crippen LogP contribution in [0.5, 0.6) is 0 Å². The first-order valence-corrected chi connectivity index (χ1v) is 7.25. The predicted molar refractivity (Wildman–Crippen MR) is 80.1 cm³/mol. The lowest BCUT2D eigenvalue weighted by atomic mass is 9.92. The Labute approximate surface area is 129 Å². The zero-order chi connectivity index (χ0) is 16.2. The number of likely N-dealkylation sites (N-methyl/N-ethyl adjacent to an activating group) is 1. The number of nitrogens with zero attached hydrogens (tertiary/aromatic N) is 3. The molecule has 0 saturated carbocycles. The molecule has 0 radical (unpaired) electrons. The van der Waals surface area contributed by atoms with Gasteiger partial charge in [0, 0.05) is 27.2 Å². The molecule has 0 spiro atoms. The Morgan fingerprint density at radius 3 is 3.00 bits per heavy atom. The maximum absolute atomic E-state index is 13.0. The molecule has 1 fully saturated rings. The first-order chi connectivity index (χ1) is 10.4. The zero-order valence-corrected chi connectivity index (χ0v) is 13.0. The number of hydrogen-bond acceptors (Lipinski definition) is 5. The Morgan fingerprint density at radius 1 is 1.59 bits per heavy atom. The topological polar surface area (TPSA) is 65.9 Å². The lowest BCUT2D eigenvalue weighted by Gasteiger charge is -2.41. The maximum Gasteiger partial charge on any atom is 0.248 e. The summed E-state index contributed by atoms with van der Waals surface area (Å²) in [6, 6.07) is 2.95. The highest BCUT2D eigenvalue weighted by Gasteiger charge is 2.35. The van der Waals surface area contributed by atoms with E-state index in [0.717, 1.165) is 19.2 Å². The molecule has 2 rings (SSSR count). The molecule has 0 bridgehead atoms. The van der Waals surface area contributed by atoms with Crippen molar-refractivity contribution >= 4 is 11.7 Å². The van der Waals surface area contributed by atoms with Crippen LogP contribution in [0, 0.1) is 5.82 Å². The van der Waals surface area contributed by atoms with Crippen molar-refractivity contribution in [3.63, 3.8) is 0 Å². The number of hydrogen-bond donors (Lipinski definition) is 1. The molecule has 0 aliphatic carbocycles. The predicted octanol–water partition coefficient (Wildman–Crippen LogP) is 0.657. The third-order valence-corrected chi connectivity index (χ3v) is 3.82. The van der Waals surface area contributed by atoms with E-state index in [1.54, 1.807) is 13.1 Å². The van der Waals surface area contributed by atoms with E-state index in [9.17, 15) is 14.3 Å². The summed E-state index contributed by atoms with van der Waals surface area (Å²) in [6.45, 7) is 1.33. The van der Waals surface area contributed by atoms with Gasteiger partial charge in [-0.05, 0) is 25.0 Å². The number of aliphatic hydroxyl groups is 1.